The van der Waals surface area contributed by atoms with Gasteiger partial charge < -0.3 is 15.4 Å². The molecule has 2 heterocycles. The number of nitrogens with two attached hydrogens (primary N) is 1. The van der Waals surface area contributed by atoms with Crippen LogP contribution in [0.25, 0.3) is 11.3 Å². The predicted molar refractivity (Wildman–Crippen MR) is 75.6 cm³/mol. The van der Waals surface area contributed by atoms with Gasteiger partial charge in [-0.2, -0.15) is 0 Å². The number of carbonyl (C=O) groups is 1. The summed E-state index contributed by atoms with van der Waals surface area (Å²) in [5.74, 6) is 0.642. The quantitative estimate of drug-likeness (QED) is 0.865. The van der Waals surface area contributed by atoms with Crippen molar-refractivity contribution in [3.8, 4) is 17.0 Å². The Bertz CT molecular complexity index is 666. The molecule has 98 valence electrons. The van der Waals surface area contributed by atoms with Crippen molar-refractivity contribution in [2.75, 3.05) is 24.3 Å². The lowest BCUT2D eigenvalue weighted by Crippen LogP contribution is -2.35. The molecule has 1 aliphatic heterocycles. The summed E-state index contributed by atoms with van der Waals surface area (Å²) in [5, 5.41) is 1.61. The third kappa shape index (κ3) is 1.94. The SMILES string of the molecule is Cc1nc(-c2ccc3c(c2)N(C)C(=O)CO3)c(N)s1. The normalized spacial score (nSPS) is 14.2. The first-order valence-electron chi connectivity index (χ1n) is 5.83. The number of fused-ring (bicyclic) bond motifs is 1. The smallest absolute Gasteiger partial charge is 0.264 e. The first kappa shape index (κ1) is 12.0. The van der Waals surface area contributed by atoms with E-state index in [1.807, 2.05) is 25.1 Å². The number of likely N-dealkylation sites (N-methyl/N-ethyl adjacent to an activating group) is 1. The van der Waals surface area contributed by atoms with Crippen molar-refractivity contribution in [2.45, 2.75) is 6.92 Å². The number of aromatic nitrogens is 1. The Balaban J connectivity index is 2.11. The lowest BCUT2D eigenvalue weighted by molar-refractivity contribution is -0.120. The van der Waals surface area contributed by atoms with E-state index in [9.17, 15) is 4.79 Å². The molecule has 5 nitrogen and oxygen atoms in total. The highest BCUT2D eigenvalue weighted by Gasteiger charge is 2.23. The number of benzene rings is 1. The standard InChI is InChI=1S/C13H13N3O2S/c1-7-15-12(13(14)19-7)8-3-4-10-9(5-8)16(2)11(17)6-18-10/h3-5H,6,14H2,1-2H3. The molecule has 2 N–H and O–H groups in total. The number of hydrogen-bond acceptors (Lipinski definition) is 5. The number of aryl methyl sites for hydroxylation is 1. The molecule has 1 amide bonds. The molecule has 3 rings (SSSR count). The fourth-order valence-corrected chi connectivity index (χ4v) is 2.78. The molecule has 0 saturated heterocycles. The third-order valence-electron chi connectivity index (χ3n) is 3.08. The van der Waals surface area contributed by atoms with E-state index in [1.54, 1.807) is 11.9 Å². The van der Waals surface area contributed by atoms with E-state index in [2.05, 4.69) is 4.98 Å². The maximum Gasteiger partial charge on any atom is 0.264 e. The van der Waals surface area contributed by atoms with Crippen LogP contribution in [0.1, 0.15) is 5.01 Å². The minimum atomic E-state index is -0.0629. The second-order valence-electron chi connectivity index (χ2n) is 4.37. The molecule has 0 bridgehead atoms. The van der Waals surface area contributed by atoms with E-state index < -0.39 is 0 Å². The van der Waals surface area contributed by atoms with E-state index >= 15 is 0 Å². The van der Waals surface area contributed by atoms with Crippen LogP contribution in [0.2, 0.25) is 0 Å². The van der Waals surface area contributed by atoms with Crippen LogP contribution in [0.5, 0.6) is 5.75 Å². The highest BCUT2D eigenvalue weighted by molar-refractivity contribution is 7.16. The van der Waals surface area contributed by atoms with E-state index in [0.717, 1.165) is 22.0 Å². The number of nitrogen functional groups attached to an aromatic ring is 1. The van der Waals surface area contributed by atoms with Crippen LogP contribution in [0, 0.1) is 6.92 Å². The van der Waals surface area contributed by atoms with Gasteiger partial charge in [-0.25, -0.2) is 4.98 Å². The summed E-state index contributed by atoms with van der Waals surface area (Å²) in [7, 11) is 1.74. The Kier molecular flexibility index (Phi) is 2.67. The first-order chi connectivity index (χ1) is 9.06. The highest BCUT2D eigenvalue weighted by atomic mass is 32.1. The van der Waals surface area contributed by atoms with Crippen molar-refractivity contribution >= 4 is 27.9 Å². The van der Waals surface area contributed by atoms with Crippen LogP contribution >= 0.6 is 11.3 Å². The van der Waals surface area contributed by atoms with Crippen molar-refractivity contribution in [3.63, 3.8) is 0 Å². The summed E-state index contributed by atoms with van der Waals surface area (Å²) in [4.78, 5) is 17.7. The minimum absolute atomic E-state index is 0.0629. The molecular weight excluding hydrogens is 262 g/mol. The van der Waals surface area contributed by atoms with E-state index in [1.165, 1.54) is 11.3 Å². The van der Waals surface area contributed by atoms with Crippen molar-refractivity contribution in [2.24, 2.45) is 0 Å². The average molecular weight is 275 g/mol. The predicted octanol–water partition coefficient (Wildman–Crippen LogP) is 2.06. The van der Waals surface area contributed by atoms with Gasteiger partial charge in [-0.1, -0.05) is 0 Å². The maximum atomic E-state index is 11.6. The van der Waals surface area contributed by atoms with Crippen molar-refractivity contribution < 1.29 is 9.53 Å². The lowest BCUT2D eigenvalue weighted by atomic mass is 10.1. The van der Waals surface area contributed by atoms with Crippen LogP contribution in [-0.2, 0) is 4.79 Å². The minimum Gasteiger partial charge on any atom is -0.482 e. The van der Waals surface area contributed by atoms with Gasteiger partial charge in [0.05, 0.1) is 10.7 Å². The molecule has 2 aromatic rings. The molecule has 0 fully saturated rings. The molecule has 1 aliphatic rings. The Hall–Kier alpha value is -2.08. The zero-order valence-electron chi connectivity index (χ0n) is 10.6. The summed E-state index contributed by atoms with van der Waals surface area (Å²) < 4.78 is 5.39. The Morgan fingerprint density at radius 2 is 2.26 bits per heavy atom. The lowest BCUT2D eigenvalue weighted by Gasteiger charge is -2.26. The van der Waals surface area contributed by atoms with Crippen molar-refractivity contribution in [1.82, 2.24) is 4.98 Å². The molecule has 0 spiro atoms. The Morgan fingerprint density at radius 1 is 1.47 bits per heavy atom. The van der Waals surface area contributed by atoms with E-state index in [0.29, 0.717) is 10.8 Å². The number of thiazole rings is 1. The maximum absolute atomic E-state index is 11.6. The van der Waals surface area contributed by atoms with Crippen LogP contribution in [0.3, 0.4) is 0 Å². The van der Waals surface area contributed by atoms with Gasteiger partial charge in [0.2, 0.25) is 0 Å². The second kappa shape index (κ2) is 4.24. The zero-order chi connectivity index (χ0) is 13.6. The van der Waals surface area contributed by atoms with Gasteiger partial charge in [0, 0.05) is 12.6 Å². The van der Waals surface area contributed by atoms with Crippen molar-refractivity contribution in [1.29, 1.82) is 0 Å². The largest absolute Gasteiger partial charge is 0.482 e. The second-order valence-corrected chi connectivity index (χ2v) is 5.60. The summed E-state index contributed by atoms with van der Waals surface area (Å²) in [6.07, 6.45) is 0. The fraction of sp³-hybridized carbons (Fsp3) is 0.231. The number of rotatable bonds is 1. The van der Waals surface area contributed by atoms with E-state index in [-0.39, 0.29) is 12.5 Å². The van der Waals surface area contributed by atoms with Gasteiger partial charge in [0.25, 0.3) is 5.91 Å². The molecule has 0 aliphatic carbocycles. The van der Waals surface area contributed by atoms with Gasteiger partial charge in [-0.3, -0.25) is 4.79 Å². The summed E-state index contributed by atoms with van der Waals surface area (Å²) >= 11 is 1.46. The van der Waals surface area contributed by atoms with Gasteiger partial charge >= 0.3 is 0 Å². The van der Waals surface area contributed by atoms with Crippen LogP contribution in [-0.4, -0.2) is 24.5 Å². The fourth-order valence-electron chi connectivity index (χ4n) is 2.07. The molecular formula is C13H13N3O2S. The number of hydrogen-bond donors (Lipinski definition) is 1. The first-order valence-corrected chi connectivity index (χ1v) is 6.64. The number of anilines is 2. The number of ether oxygens (including phenoxy) is 1. The molecule has 6 heteroatoms. The monoisotopic (exact) mass is 275 g/mol. The third-order valence-corrected chi connectivity index (χ3v) is 3.88. The summed E-state index contributed by atoms with van der Waals surface area (Å²) in [6, 6.07) is 5.65. The molecule has 0 saturated carbocycles. The molecule has 1 aromatic heterocycles. The summed E-state index contributed by atoms with van der Waals surface area (Å²) in [5.41, 5.74) is 8.36. The summed E-state index contributed by atoms with van der Waals surface area (Å²) in [6.45, 7) is 2.00. The van der Waals surface area contributed by atoms with E-state index in [4.69, 9.17) is 10.5 Å². The molecule has 0 radical (unpaired) electrons. The average Bonchev–Trinajstić information content (AvgIpc) is 2.73. The van der Waals surface area contributed by atoms with Crippen LogP contribution in [0.15, 0.2) is 18.2 Å². The number of nitrogens with zero attached hydrogens (tertiary/aromatic N) is 2. The Morgan fingerprint density at radius 3 is 2.95 bits per heavy atom. The topological polar surface area (TPSA) is 68.5 Å². The van der Waals surface area contributed by atoms with Gasteiger partial charge in [0.15, 0.2) is 6.61 Å². The number of carbonyl (C=O) groups excluding carboxylic acids is 1. The van der Waals surface area contributed by atoms with Gasteiger partial charge in [-0.05, 0) is 25.1 Å². The Labute approximate surface area is 114 Å². The van der Waals surface area contributed by atoms with Crippen molar-refractivity contribution in [3.05, 3.63) is 23.2 Å². The highest BCUT2D eigenvalue weighted by Crippen LogP contribution is 2.37. The molecule has 0 atom stereocenters. The van der Waals surface area contributed by atoms with Gasteiger partial charge in [0.1, 0.15) is 16.4 Å². The molecule has 1 aromatic carbocycles. The zero-order valence-corrected chi connectivity index (χ0v) is 11.5. The number of amides is 1. The molecule has 0 unspecified atom stereocenters. The van der Waals surface area contributed by atoms with Crippen LogP contribution in [0.4, 0.5) is 10.7 Å². The molecule has 19 heavy (non-hydrogen) atoms. The van der Waals surface area contributed by atoms with Crippen LogP contribution < -0.4 is 15.4 Å². The van der Waals surface area contributed by atoms with Gasteiger partial charge in [-0.15, -0.1) is 11.3 Å².